The van der Waals surface area contributed by atoms with Crippen molar-refractivity contribution < 1.29 is 14.1 Å². The first-order valence-electron chi connectivity index (χ1n) is 11.6. The summed E-state index contributed by atoms with van der Waals surface area (Å²) in [4.78, 5) is 17.8. The molecule has 5 heteroatoms. The maximum absolute atomic E-state index is 12.3. The van der Waals surface area contributed by atoms with Crippen LogP contribution in [0.25, 0.3) is 0 Å². The number of piperidine rings is 1. The Bertz CT molecular complexity index is 839. The standard InChI is InChI=1S/C27H37NO3Si/c1-6-22-19-20-26(29)28(30-5)25(22)18-13-21-31-32(27(2,3)4,23-14-9-7-10-15-23)24-16-11-8-12-17-24/h6-12,14-17,22,25H,1,13,18-21H2,2-5H3/t22-,25-/m1/s1. The predicted octanol–water partition coefficient (Wildman–Crippen LogP) is 4.70. The van der Waals surface area contributed by atoms with E-state index in [1.807, 2.05) is 6.08 Å². The molecule has 3 rings (SSSR count). The molecule has 2 aromatic rings. The van der Waals surface area contributed by atoms with E-state index in [1.54, 1.807) is 12.2 Å². The fourth-order valence-electron chi connectivity index (χ4n) is 5.07. The van der Waals surface area contributed by atoms with E-state index < -0.39 is 8.32 Å². The smallest absolute Gasteiger partial charge is 0.261 e. The number of nitrogens with zero attached hydrogens (tertiary/aromatic N) is 1. The van der Waals surface area contributed by atoms with Crippen LogP contribution in [-0.4, -0.2) is 39.0 Å². The van der Waals surface area contributed by atoms with Gasteiger partial charge in [0.15, 0.2) is 0 Å². The zero-order valence-corrected chi connectivity index (χ0v) is 20.9. The van der Waals surface area contributed by atoms with Gasteiger partial charge in [-0.3, -0.25) is 9.63 Å². The Balaban J connectivity index is 1.84. The lowest BCUT2D eigenvalue weighted by atomic mass is 9.87. The van der Waals surface area contributed by atoms with Gasteiger partial charge in [0.2, 0.25) is 5.91 Å². The Morgan fingerprint density at radius 3 is 2.09 bits per heavy atom. The van der Waals surface area contributed by atoms with Crippen molar-refractivity contribution in [1.82, 2.24) is 5.06 Å². The molecule has 0 saturated carbocycles. The van der Waals surface area contributed by atoms with Gasteiger partial charge in [0.1, 0.15) is 0 Å². The average molecular weight is 452 g/mol. The largest absolute Gasteiger partial charge is 0.407 e. The number of rotatable bonds is 9. The van der Waals surface area contributed by atoms with Crippen molar-refractivity contribution in [2.24, 2.45) is 5.92 Å². The van der Waals surface area contributed by atoms with Gasteiger partial charge in [-0.2, -0.15) is 0 Å². The van der Waals surface area contributed by atoms with Gasteiger partial charge in [0, 0.05) is 18.9 Å². The summed E-state index contributed by atoms with van der Waals surface area (Å²) in [6, 6.07) is 21.4. The van der Waals surface area contributed by atoms with Gasteiger partial charge in [0.05, 0.1) is 13.2 Å². The fraction of sp³-hybridized carbons (Fsp3) is 0.444. The van der Waals surface area contributed by atoms with Crippen LogP contribution in [0.1, 0.15) is 46.5 Å². The molecule has 2 aromatic carbocycles. The topological polar surface area (TPSA) is 38.8 Å². The third kappa shape index (κ3) is 4.90. The molecule has 0 radical (unpaired) electrons. The molecule has 32 heavy (non-hydrogen) atoms. The summed E-state index contributed by atoms with van der Waals surface area (Å²) < 4.78 is 6.99. The molecular weight excluding hydrogens is 414 g/mol. The molecule has 1 aliphatic rings. The lowest BCUT2D eigenvalue weighted by molar-refractivity contribution is -0.200. The van der Waals surface area contributed by atoms with Crippen LogP contribution in [0.15, 0.2) is 73.3 Å². The maximum atomic E-state index is 12.3. The van der Waals surface area contributed by atoms with Gasteiger partial charge in [-0.15, -0.1) is 6.58 Å². The summed E-state index contributed by atoms with van der Waals surface area (Å²) in [5, 5.41) is 4.08. The van der Waals surface area contributed by atoms with Crippen LogP contribution in [0.2, 0.25) is 5.04 Å². The van der Waals surface area contributed by atoms with E-state index in [1.165, 1.54) is 10.4 Å². The van der Waals surface area contributed by atoms with Gasteiger partial charge in [-0.25, -0.2) is 5.06 Å². The maximum Gasteiger partial charge on any atom is 0.261 e. The van der Waals surface area contributed by atoms with E-state index >= 15 is 0 Å². The minimum atomic E-state index is -2.53. The van der Waals surface area contributed by atoms with E-state index in [-0.39, 0.29) is 22.9 Å². The Morgan fingerprint density at radius 1 is 1.06 bits per heavy atom. The zero-order valence-electron chi connectivity index (χ0n) is 19.9. The molecule has 4 nitrogen and oxygen atoms in total. The molecule has 1 fully saturated rings. The first kappa shape index (κ1) is 24.4. The van der Waals surface area contributed by atoms with Gasteiger partial charge in [-0.05, 0) is 34.7 Å². The average Bonchev–Trinajstić information content (AvgIpc) is 2.79. The number of carbonyl (C=O) groups is 1. The van der Waals surface area contributed by atoms with Crippen molar-refractivity contribution in [2.75, 3.05) is 13.7 Å². The van der Waals surface area contributed by atoms with E-state index in [9.17, 15) is 4.79 Å². The van der Waals surface area contributed by atoms with Crippen LogP contribution < -0.4 is 10.4 Å². The molecule has 0 bridgehead atoms. The molecule has 1 aliphatic heterocycles. The summed E-state index contributed by atoms with van der Waals surface area (Å²) in [7, 11) is -0.954. The number of benzene rings is 2. The van der Waals surface area contributed by atoms with E-state index in [2.05, 4.69) is 88.0 Å². The van der Waals surface area contributed by atoms with Crippen molar-refractivity contribution in [3.63, 3.8) is 0 Å². The second-order valence-corrected chi connectivity index (χ2v) is 13.9. The highest BCUT2D eigenvalue weighted by Crippen LogP contribution is 2.37. The van der Waals surface area contributed by atoms with Crippen molar-refractivity contribution in [3.8, 4) is 0 Å². The summed E-state index contributed by atoms with van der Waals surface area (Å²) in [5.74, 6) is 0.309. The lowest BCUT2D eigenvalue weighted by Gasteiger charge is -2.43. The summed E-state index contributed by atoms with van der Waals surface area (Å²) >= 11 is 0. The van der Waals surface area contributed by atoms with Crippen molar-refractivity contribution in [1.29, 1.82) is 0 Å². The van der Waals surface area contributed by atoms with Crippen molar-refractivity contribution in [2.45, 2.75) is 57.5 Å². The Labute approximate surface area is 194 Å². The number of amides is 1. The number of hydrogen-bond acceptors (Lipinski definition) is 3. The molecule has 1 heterocycles. The molecule has 1 saturated heterocycles. The molecule has 2 atom stereocenters. The van der Waals surface area contributed by atoms with E-state index in [4.69, 9.17) is 9.26 Å². The second kappa shape index (κ2) is 10.6. The minimum absolute atomic E-state index is 0.0153. The van der Waals surface area contributed by atoms with Crippen LogP contribution in [0, 0.1) is 5.92 Å². The predicted molar refractivity (Wildman–Crippen MR) is 133 cm³/mol. The van der Waals surface area contributed by atoms with Gasteiger partial charge in [0.25, 0.3) is 8.32 Å². The fourth-order valence-corrected chi connectivity index (χ4v) is 9.68. The number of hydroxylamine groups is 2. The molecule has 0 N–H and O–H groups in total. The highest BCUT2D eigenvalue weighted by Gasteiger charge is 2.50. The van der Waals surface area contributed by atoms with Crippen molar-refractivity contribution in [3.05, 3.63) is 73.3 Å². The molecule has 1 amide bonds. The second-order valence-electron chi connectivity index (χ2n) is 9.56. The molecule has 0 unspecified atom stereocenters. The van der Waals surface area contributed by atoms with Gasteiger partial charge >= 0.3 is 0 Å². The normalized spacial score (nSPS) is 19.8. The van der Waals surface area contributed by atoms with Crippen molar-refractivity contribution >= 4 is 24.6 Å². The Morgan fingerprint density at radius 2 is 1.62 bits per heavy atom. The summed E-state index contributed by atoms with van der Waals surface area (Å²) in [6.07, 6.45) is 5.00. The summed E-state index contributed by atoms with van der Waals surface area (Å²) in [5.41, 5.74) is 0. The molecule has 0 aromatic heterocycles. The number of hydrogen-bond donors (Lipinski definition) is 0. The van der Waals surface area contributed by atoms with Crippen LogP contribution >= 0.6 is 0 Å². The molecule has 0 spiro atoms. The van der Waals surface area contributed by atoms with E-state index in [0.29, 0.717) is 13.0 Å². The highest BCUT2D eigenvalue weighted by molar-refractivity contribution is 6.99. The Hall–Kier alpha value is -2.21. The molecule has 172 valence electrons. The quantitative estimate of drug-likeness (QED) is 0.315. The third-order valence-corrected chi connectivity index (χ3v) is 11.7. The van der Waals surface area contributed by atoms with E-state index in [0.717, 1.165) is 19.3 Å². The molecule has 0 aliphatic carbocycles. The zero-order chi connectivity index (χ0) is 23.2. The first-order valence-corrected chi connectivity index (χ1v) is 13.5. The highest BCUT2D eigenvalue weighted by atomic mass is 28.4. The minimum Gasteiger partial charge on any atom is -0.407 e. The van der Waals surface area contributed by atoms with Crippen LogP contribution in [0.3, 0.4) is 0 Å². The number of carbonyl (C=O) groups excluding carboxylic acids is 1. The van der Waals surface area contributed by atoms with Crippen LogP contribution in [0.4, 0.5) is 0 Å². The van der Waals surface area contributed by atoms with Gasteiger partial charge < -0.3 is 4.43 Å². The van der Waals surface area contributed by atoms with Crippen LogP contribution in [-0.2, 0) is 14.1 Å². The monoisotopic (exact) mass is 451 g/mol. The SMILES string of the molecule is C=C[C@@H]1CCC(=O)N(OC)[C@@H]1CCCO[Si](c1ccccc1)(c1ccccc1)C(C)(C)C. The Kier molecular flexibility index (Phi) is 8.09. The lowest BCUT2D eigenvalue weighted by Crippen LogP contribution is -2.66. The van der Waals surface area contributed by atoms with Gasteiger partial charge in [-0.1, -0.05) is 87.5 Å². The molecular formula is C27H37NO3Si. The van der Waals surface area contributed by atoms with Crippen LogP contribution in [0.5, 0.6) is 0 Å². The first-order chi connectivity index (χ1) is 15.3. The third-order valence-electron chi connectivity index (χ3n) is 6.61. The summed E-state index contributed by atoms with van der Waals surface area (Å²) in [6.45, 7) is 11.5.